The number of aryl methyl sites for hydroxylation is 3. The molecule has 1 aliphatic heterocycles. The summed E-state index contributed by atoms with van der Waals surface area (Å²) in [5.74, 6) is 0.265. The van der Waals surface area contributed by atoms with Crippen molar-refractivity contribution in [3.05, 3.63) is 58.2 Å². The lowest BCUT2D eigenvalue weighted by atomic mass is 9.84. The fraction of sp³-hybridized carbons (Fsp3) is 0.391. The van der Waals surface area contributed by atoms with Gasteiger partial charge in [0.2, 0.25) is 0 Å². The highest BCUT2D eigenvalue weighted by Gasteiger charge is 2.38. The minimum Gasteiger partial charge on any atom is -0.364 e. The third-order valence-electron chi connectivity index (χ3n) is 5.83. The minimum atomic E-state index is -0.248. The molecule has 5 nitrogen and oxygen atoms in total. The van der Waals surface area contributed by atoms with Gasteiger partial charge in [-0.05, 0) is 49.4 Å². The van der Waals surface area contributed by atoms with Gasteiger partial charge in [-0.3, -0.25) is 4.79 Å². The van der Waals surface area contributed by atoms with Crippen molar-refractivity contribution in [3.8, 4) is 0 Å². The zero-order valence-electron chi connectivity index (χ0n) is 17.6. The molecule has 0 saturated carbocycles. The fourth-order valence-corrected chi connectivity index (χ4v) is 4.04. The number of aromatic amines is 1. The van der Waals surface area contributed by atoms with E-state index in [9.17, 15) is 9.18 Å². The van der Waals surface area contributed by atoms with Crippen LogP contribution in [0.1, 0.15) is 46.7 Å². The molecule has 1 aliphatic rings. The first kappa shape index (κ1) is 19.4. The highest BCUT2D eigenvalue weighted by Crippen LogP contribution is 2.32. The number of anilines is 1. The van der Waals surface area contributed by atoms with Crippen LogP contribution in [0.2, 0.25) is 0 Å². The predicted octanol–water partition coefficient (Wildman–Crippen LogP) is 4.72. The Hall–Kier alpha value is -2.89. The summed E-state index contributed by atoms with van der Waals surface area (Å²) in [5, 5.41) is 4.23. The van der Waals surface area contributed by atoms with Crippen molar-refractivity contribution in [2.24, 2.45) is 5.41 Å². The lowest BCUT2D eigenvalue weighted by Gasteiger charge is -2.45. The highest BCUT2D eigenvalue weighted by molar-refractivity contribution is 6.01. The third kappa shape index (κ3) is 3.48. The summed E-state index contributed by atoms with van der Waals surface area (Å²) < 4.78 is 14.2. The van der Waals surface area contributed by atoms with Gasteiger partial charge in [0.1, 0.15) is 11.5 Å². The molecule has 0 aliphatic carbocycles. The maximum absolute atomic E-state index is 14.2. The van der Waals surface area contributed by atoms with Gasteiger partial charge >= 0.3 is 0 Å². The lowest BCUT2D eigenvalue weighted by molar-refractivity contribution is 0.0231. The number of pyridine rings is 1. The highest BCUT2D eigenvalue weighted by atomic mass is 19.1. The van der Waals surface area contributed by atoms with Gasteiger partial charge in [0, 0.05) is 36.3 Å². The molecule has 1 fully saturated rings. The first-order valence-electron chi connectivity index (χ1n) is 9.93. The number of H-pyrrole nitrogens is 1. The van der Waals surface area contributed by atoms with Gasteiger partial charge in [-0.15, -0.1) is 0 Å². The minimum absolute atomic E-state index is 0.0606. The van der Waals surface area contributed by atoms with Crippen LogP contribution in [0.5, 0.6) is 0 Å². The quantitative estimate of drug-likeness (QED) is 0.673. The van der Waals surface area contributed by atoms with E-state index in [1.165, 1.54) is 6.07 Å². The molecule has 6 heteroatoms. The van der Waals surface area contributed by atoms with E-state index in [2.05, 4.69) is 29.1 Å². The molecule has 2 N–H and O–H groups in total. The Morgan fingerprint density at radius 2 is 2.00 bits per heavy atom. The Balaban J connectivity index is 1.70. The van der Waals surface area contributed by atoms with Gasteiger partial charge < -0.3 is 15.2 Å². The molecule has 0 spiro atoms. The van der Waals surface area contributed by atoms with E-state index in [0.717, 1.165) is 40.8 Å². The van der Waals surface area contributed by atoms with E-state index in [0.29, 0.717) is 23.6 Å². The van der Waals surface area contributed by atoms with Crippen LogP contribution in [0, 0.1) is 32.0 Å². The molecule has 1 amide bonds. The average Bonchev–Trinajstić information content (AvgIpc) is 2.93. The molecule has 4 rings (SSSR count). The number of rotatable bonds is 4. The predicted molar refractivity (Wildman–Crippen MR) is 114 cm³/mol. The van der Waals surface area contributed by atoms with Crippen molar-refractivity contribution in [2.45, 2.75) is 41.2 Å². The Bertz CT molecular complexity index is 1090. The summed E-state index contributed by atoms with van der Waals surface area (Å²) >= 11 is 0. The first-order chi connectivity index (χ1) is 13.7. The Morgan fingerprint density at radius 3 is 2.66 bits per heavy atom. The molecule has 2 aromatic heterocycles. The van der Waals surface area contributed by atoms with Gasteiger partial charge in [-0.25, -0.2) is 9.37 Å². The molecule has 3 aromatic rings. The second-order valence-electron chi connectivity index (χ2n) is 8.87. The number of nitrogens with one attached hydrogen (secondary N) is 2. The van der Waals surface area contributed by atoms with Crippen molar-refractivity contribution in [1.29, 1.82) is 0 Å². The standard InChI is InChI=1S/C23H27FN4O/c1-13-7-6-8-18(24)17(13)10-25-21-20-16(14(2)15(3)26-20)9-19(27-21)22(29)28-11-23(4,5)12-28/h6-9,26H,10-12H2,1-5H3,(H,25,27). The lowest BCUT2D eigenvalue weighted by Crippen LogP contribution is -2.55. The van der Waals surface area contributed by atoms with E-state index in [4.69, 9.17) is 0 Å². The second-order valence-corrected chi connectivity index (χ2v) is 8.87. The average molecular weight is 394 g/mol. The maximum atomic E-state index is 14.2. The van der Waals surface area contributed by atoms with Crippen LogP contribution in [0.3, 0.4) is 0 Å². The molecule has 1 saturated heterocycles. The summed E-state index contributed by atoms with van der Waals surface area (Å²) in [6.45, 7) is 12.0. The van der Waals surface area contributed by atoms with Crippen LogP contribution in [-0.4, -0.2) is 33.9 Å². The van der Waals surface area contributed by atoms with E-state index in [1.807, 2.05) is 37.8 Å². The monoisotopic (exact) mass is 394 g/mol. The zero-order valence-corrected chi connectivity index (χ0v) is 17.6. The summed E-state index contributed by atoms with van der Waals surface area (Å²) in [7, 11) is 0. The van der Waals surface area contributed by atoms with E-state index < -0.39 is 0 Å². The largest absolute Gasteiger partial charge is 0.364 e. The Kier molecular flexibility index (Phi) is 4.60. The van der Waals surface area contributed by atoms with E-state index >= 15 is 0 Å². The van der Waals surface area contributed by atoms with Crippen LogP contribution in [0.15, 0.2) is 24.3 Å². The van der Waals surface area contributed by atoms with E-state index in [-0.39, 0.29) is 17.1 Å². The summed E-state index contributed by atoms with van der Waals surface area (Å²) in [4.78, 5) is 22.8. The number of benzene rings is 1. The maximum Gasteiger partial charge on any atom is 0.272 e. The molecular formula is C23H27FN4O. The molecule has 29 heavy (non-hydrogen) atoms. The zero-order chi connectivity index (χ0) is 20.9. The number of hydrogen-bond donors (Lipinski definition) is 2. The number of halogens is 1. The van der Waals surface area contributed by atoms with Gasteiger partial charge in [-0.2, -0.15) is 0 Å². The Morgan fingerprint density at radius 1 is 1.28 bits per heavy atom. The van der Waals surface area contributed by atoms with Gasteiger partial charge in [0.25, 0.3) is 5.91 Å². The summed E-state index contributed by atoms with van der Waals surface area (Å²) in [6.07, 6.45) is 0. The van der Waals surface area contributed by atoms with Gasteiger partial charge in [0.15, 0.2) is 5.82 Å². The van der Waals surface area contributed by atoms with Crippen LogP contribution in [-0.2, 0) is 6.54 Å². The number of carbonyl (C=O) groups excluding carboxylic acids is 1. The summed E-state index contributed by atoms with van der Waals surface area (Å²) in [6, 6.07) is 6.91. The molecule has 0 radical (unpaired) electrons. The molecule has 1 aromatic carbocycles. The molecule has 3 heterocycles. The smallest absolute Gasteiger partial charge is 0.272 e. The second kappa shape index (κ2) is 6.87. The molecule has 0 atom stereocenters. The van der Waals surface area contributed by atoms with Crippen molar-refractivity contribution >= 4 is 22.6 Å². The number of likely N-dealkylation sites (tertiary alicyclic amines) is 1. The normalized spacial score (nSPS) is 15.4. The van der Waals surface area contributed by atoms with Crippen LogP contribution >= 0.6 is 0 Å². The van der Waals surface area contributed by atoms with Crippen LogP contribution in [0.25, 0.3) is 10.9 Å². The number of nitrogens with zero attached hydrogens (tertiary/aromatic N) is 2. The molecule has 0 unspecified atom stereocenters. The van der Waals surface area contributed by atoms with Crippen molar-refractivity contribution in [3.63, 3.8) is 0 Å². The number of carbonyl (C=O) groups is 1. The van der Waals surface area contributed by atoms with E-state index in [1.54, 1.807) is 6.07 Å². The Labute approximate surface area is 170 Å². The van der Waals surface area contributed by atoms with Crippen molar-refractivity contribution < 1.29 is 9.18 Å². The fourth-order valence-electron chi connectivity index (χ4n) is 4.04. The number of amides is 1. The van der Waals surface area contributed by atoms with Crippen molar-refractivity contribution in [1.82, 2.24) is 14.9 Å². The number of hydrogen-bond acceptors (Lipinski definition) is 3. The first-order valence-corrected chi connectivity index (χ1v) is 9.93. The molecule has 0 bridgehead atoms. The van der Waals surface area contributed by atoms with Gasteiger partial charge in [-0.1, -0.05) is 26.0 Å². The SMILES string of the molecule is Cc1cccc(F)c1CNc1nc(C(=O)N2CC(C)(C)C2)cc2c(C)c(C)[nH]c12. The summed E-state index contributed by atoms with van der Waals surface area (Å²) in [5.41, 5.74) is 5.01. The molecular weight excluding hydrogens is 367 g/mol. The number of aromatic nitrogens is 2. The topological polar surface area (TPSA) is 61.0 Å². The molecule has 152 valence electrons. The van der Waals surface area contributed by atoms with Crippen LogP contribution < -0.4 is 5.32 Å². The number of fused-ring (bicyclic) bond motifs is 1. The van der Waals surface area contributed by atoms with Gasteiger partial charge in [0.05, 0.1) is 5.52 Å². The van der Waals surface area contributed by atoms with Crippen LogP contribution in [0.4, 0.5) is 10.2 Å². The van der Waals surface area contributed by atoms with Crippen molar-refractivity contribution in [2.75, 3.05) is 18.4 Å². The third-order valence-corrected chi connectivity index (χ3v) is 5.83.